The second-order valence-electron chi connectivity index (χ2n) is 8.02. The van der Waals surface area contributed by atoms with Crippen LogP contribution in [0.2, 0.25) is 0 Å². The normalized spacial score (nSPS) is 24.8. The minimum atomic E-state index is -0.909. The minimum absolute atomic E-state index is 0.00615. The van der Waals surface area contributed by atoms with Gasteiger partial charge in [-0.25, -0.2) is 4.79 Å². The minimum Gasteiger partial charge on any atom is -0.468 e. The highest BCUT2D eigenvalue weighted by atomic mass is 16.6. The number of hydrogen-bond donors (Lipinski definition) is 2. The van der Waals surface area contributed by atoms with Crippen molar-refractivity contribution in [1.82, 2.24) is 15.1 Å². The number of amides is 3. The summed E-state index contributed by atoms with van der Waals surface area (Å²) in [5.74, 6) is -1.56. The number of carbonyl (C=O) groups is 4. The molecule has 2 fully saturated rings. The molecule has 0 radical (unpaired) electrons. The third kappa shape index (κ3) is 5.34. The van der Waals surface area contributed by atoms with Gasteiger partial charge in [-0.15, -0.1) is 0 Å². The van der Waals surface area contributed by atoms with Crippen molar-refractivity contribution in [2.24, 2.45) is 0 Å². The first kappa shape index (κ1) is 21.9. The van der Waals surface area contributed by atoms with Gasteiger partial charge in [-0.05, 0) is 33.6 Å². The average molecular weight is 399 g/mol. The number of likely N-dealkylation sites (tertiary alicyclic amines) is 2. The molecule has 2 N–H and O–H groups in total. The maximum absolute atomic E-state index is 13.1. The number of nitrogens with zero attached hydrogens (tertiary/aromatic N) is 2. The van der Waals surface area contributed by atoms with Crippen LogP contribution in [0.15, 0.2) is 0 Å². The molecule has 28 heavy (non-hydrogen) atoms. The van der Waals surface area contributed by atoms with E-state index in [-0.39, 0.29) is 19.5 Å². The molecule has 0 saturated carbocycles. The molecule has 2 rings (SSSR count). The number of ether oxygens (including phenoxy) is 2. The summed E-state index contributed by atoms with van der Waals surface area (Å²) in [7, 11) is 1.20. The maximum atomic E-state index is 13.1. The number of carbonyl (C=O) groups excluding carboxylic acids is 4. The van der Waals surface area contributed by atoms with Gasteiger partial charge in [-0.1, -0.05) is 0 Å². The van der Waals surface area contributed by atoms with Gasteiger partial charge in [0, 0.05) is 19.5 Å². The van der Waals surface area contributed by atoms with E-state index in [1.807, 2.05) is 0 Å². The van der Waals surface area contributed by atoms with Crippen LogP contribution in [0.5, 0.6) is 0 Å². The van der Waals surface area contributed by atoms with Gasteiger partial charge in [0.25, 0.3) is 0 Å². The van der Waals surface area contributed by atoms with E-state index in [1.165, 1.54) is 16.9 Å². The van der Waals surface area contributed by atoms with Crippen LogP contribution >= 0.6 is 0 Å². The Balaban J connectivity index is 2.08. The van der Waals surface area contributed by atoms with E-state index in [9.17, 15) is 24.3 Å². The lowest BCUT2D eigenvalue weighted by Gasteiger charge is -2.32. The number of aliphatic hydroxyl groups is 1. The van der Waals surface area contributed by atoms with Crippen molar-refractivity contribution in [2.75, 3.05) is 26.7 Å². The molecule has 0 aromatic rings. The lowest BCUT2D eigenvalue weighted by Crippen LogP contribution is -2.53. The summed E-state index contributed by atoms with van der Waals surface area (Å²) < 4.78 is 9.85. The van der Waals surface area contributed by atoms with Gasteiger partial charge in [-0.2, -0.15) is 0 Å². The van der Waals surface area contributed by atoms with Crippen molar-refractivity contribution < 1.29 is 33.8 Å². The highest BCUT2D eigenvalue weighted by Crippen LogP contribution is 2.26. The van der Waals surface area contributed by atoms with Gasteiger partial charge in [-0.3, -0.25) is 19.3 Å². The maximum Gasteiger partial charge on any atom is 0.410 e. The van der Waals surface area contributed by atoms with Gasteiger partial charge >= 0.3 is 12.1 Å². The number of rotatable bonds is 4. The van der Waals surface area contributed by atoms with Gasteiger partial charge < -0.3 is 24.8 Å². The molecular weight excluding hydrogens is 370 g/mol. The molecule has 0 spiro atoms. The van der Waals surface area contributed by atoms with Crippen LogP contribution in [0.3, 0.4) is 0 Å². The number of methoxy groups -OCH3 is 1. The number of nitrogens with one attached hydrogen (secondary N) is 1. The molecule has 0 bridgehead atoms. The summed E-state index contributed by atoms with van der Waals surface area (Å²) >= 11 is 0. The van der Waals surface area contributed by atoms with E-state index in [1.54, 1.807) is 20.8 Å². The Morgan fingerprint density at radius 2 is 1.82 bits per heavy atom. The molecule has 10 heteroatoms. The van der Waals surface area contributed by atoms with Crippen LogP contribution in [0.1, 0.15) is 40.0 Å². The van der Waals surface area contributed by atoms with Gasteiger partial charge in [0.2, 0.25) is 11.8 Å². The number of esters is 1. The predicted molar refractivity (Wildman–Crippen MR) is 97.1 cm³/mol. The fourth-order valence-corrected chi connectivity index (χ4v) is 3.41. The summed E-state index contributed by atoms with van der Waals surface area (Å²) in [6, 6.07) is -1.65. The van der Waals surface area contributed by atoms with Gasteiger partial charge in [0.15, 0.2) is 0 Å². The SMILES string of the molecule is COC(=O)CNC(=O)[C@@H]1C[C@@H](O)CN1C(=O)[C@@H]1CCCN1C(=O)OC(C)(C)C. The van der Waals surface area contributed by atoms with Gasteiger partial charge in [0.05, 0.1) is 13.2 Å². The van der Waals surface area contributed by atoms with E-state index in [4.69, 9.17) is 4.74 Å². The van der Waals surface area contributed by atoms with E-state index >= 15 is 0 Å². The summed E-state index contributed by atoms with van der Waals surface area (Å²) in [6.45, 7) is 5.30. The summed E-state index contributed by atoms with van der Waals surface area (Å²) in [6.07, 6.45) is -0.256. The number of β-amino-alcohol motifs (C(OH)–C–C–N with tert-alkyl or cyclic N) is 1. The third-order valence-corrected chi connectivity index (χ3v) is 4.67. The van der Waals surface area contributed by atoms with Gasteiger partial charge in [0.1, 0.15) is 24.2 Å². The Morgan fingerprint density at radius 3 is 2.43 bits per heavy atom. The Morgan fingerprint density at radius 1 is 1.14 bits per heavy atom. The van der Waals surface area contributed by atoms with E-state index in [2.05, 4.69) is 10.1 Å². The molecule has 0 unspecified atom stereocenters. The summed E-state index contributed by atoms with van der Waals surface area (Å²) in [4.78, 5) is 51.8. The number of hydrogen-bond acceptors (Lipinski definition) is 7. The largest absolute Gasteiger partial charge is 0.468 e. The van der Waals surface area contributed by atoms with Crippen LogP contribution in [0, 0.1) is 0 Å². The summed E-state index contributed by atoms with van der Waals surface area (Å²) in [5.41, 5.74) is -0.687. The topological polar surface area (TPSA) is 125 Å². The van der Waals surface area contributed by atoms with Crippen molar-refractivity contribution in [3.8, 4) is 0 Å². The Bertz CT molecular complexity index is 631. The van der Waals surface area contributed by atoms with Crippen LogP contribution in [0.25, 0.3) is 0 Å². The molecule has 0 aromatic heterocycles. The van der Waals surface area contributed by atoms with Crippen molar-refractivity contribution in [3.05, 3.63) is 0 Å². The van der Waals surface area contributed by atoms with Crippen molar-refractivity contribution in [2.45, 2.75) is 63.8 Å². The fourth-order valence-electron chi connectivity index (χ4n) is 3.41. The zero-order valence-electron chi connectivity index (χ0n) is 16.8. The summed E-state index contributed by atoms with van der Waals surface area (Å²) in [5, 5.41) is 12.4. The second kappa shape index (κ2) is 8.76. The first-order valence-corrected chi connectivity index (χ1v) is 9.36. The van der Waals surface area contributed by atoms with Crippen LogP contribution in [-0.4, -0.2) is 89.3 Å². The number of aliphatic hydroxyl groups excluding tert-OH is 1. The lowest BCUT2D eigenvalue weighted by atomic mass is 10.1. The molecule has 0 aliphatic carbocycles. The van der Waals surface area contributed by atoms with E-state index < -0.39 is 47.7 Å². The Hall–Kier alpha value is -2.36. The zero-order valence-corrected chi connectivity index (χ0v) is 16.8. The van der Waals surface area contributed by atoms with Crippen molar-refractivity contribution >= 4 is 23.9 Å². The first-order chi connectivity index (χ1) is 13.0. The standard InChI is InChI=1S/C18H29N3O7/c1-18(2,3)28-17(26)20-7-5-6-12(20)16(25)21-10-11(22)8-13(21)15(24)19-9-14(23)27-4/h11-13,22H,5-10H2,1-4H3,(H,19,24)/t11-,12+,13+/m1/s1. The third-order valence-electron chi connectivity index (χ3n) is 4.67. The second-order valence-corrected chi connectivity index (χ2v) is 8.02. The van der Waals surface area contributed by atoms with Crippen molar-refractivity contribution in [1.29, 1.82) is 0 Å². The smallest absolute Gasteiger partial charge is 0.410 e. The van der Waals surface area contributed by atoms with Crippen LogP contribution in [0.4, 0.5) is 4.79 Å². The Labute approximate surface area is 164 Å². The first-order valence-electron chi connectivity index (χ1n) is 9.36. The van der Waals surface area contributed by atoms with E-state index in [0.717, 1.165) is 0 Å². The molecule has 2 aliphatic rings. The molecule has 10 nitrogen and oxygen atoms in total. The van der Waals surface area contributed by atoms with Crippen LogP contribution in [-0.2, 0) is 23.9 Å². The predicted octanol–water partition coefficient (Wildman–Crippen LogP) is -0.363. The van der Waals surface area contributed by atoms with Crippen LogP contribution < -0.4 is 5.32 Å². The molecule has 2 heterocycles. The zero-order chi connectivity index (χ0) is 21.1. The molecule has 2 saturated heterocycles. The van der Waals surface area contributed by atoms with Crippen molar-refractivity contribution in [3.63, 3.8) is 0 Å². The molecule has 158 valence electrons. The molecular formula is C18H29N3O7. The van der Waals surface area contributed by atoms with E-state index in [0.29, 0.717) is 19.4 Å². The monoisotopic (exact) mass is 399 g/mol. The Kier molecular flexibility index (Phi) is 6.87. The highest BCUT2D eigenvalue weighted by Gasteiger charge is 2.45. The highest BCUT2D eigenvalue weighted by molar-refractivity contribution is 5.93. The molecule has 3 atom stereocenters. The quantitative estimate of drug-likeness (QED) is 0.618. The molecule has 2 aliphatic heterocycles. The molecule has 3 amide bonds. The molecule has 0 aromatic carbocycles. The average Bonchev–Trinajstić information content (AvgIpc) is 3.24. The lowest BCUT2D eigenvalue weighted by molar-refractivity contribution is -0.144. The fraction of sp³-hybridized carbons (Fsp3) is 0.778.